The fourth-order valence-electron chi connectivity index (χ4n) is 3.02. The molecule has 1 aliphatic rings. The molecule has 1 amide bonds. The molecule has 214 valence electrons. The Bertz CT molecular complexity index is 1340. The van der Waals surface area contributed by atoms with Gasteiger partial charge in [0, 0.05) is 19.0 Å². The SMILES string of the molecule is CC(C)CC(=O)NCC#Cc1cn([C@H]2C[C@H](O)[C@@H](COP(=O)(O)OP(=O)(O)OP(=O)(O)O)O2)c(=O)[nH]c1=O. The minimum absolute atomic E-state index is 0.0641. The van der Waals surface area contributed by atoms with Crippen molar-refractivity contribution in [1.29, 1.82) is 0 Å². The molecule has 1 saturated heterocycles. The van der Waals surface area contributed by atoms with Crippen molar-refractivity contribution >= 4 is 29.4 Å². The third-order valence-electron chi connectivity index (χ3n) is 4.49. The van der Waals surface area contributed by atoms with Gasteiger partial charge in [0.2, 0.25) is 5.91 Å². The average Bonchev–Trinajstić information content (AvgIpc) is 3.08. The van der Waals surface area contributed by atoms with Gasteiger partial charge in [0.15, 0.2) is 0 Å². The van der Waals surface area contributed by atoms with Gasteiger partial charge >= 0.3 is 29.2 Å². The number of phosphoric acid groups is 3. The van der Waals surface area contributed by atoms with Crippen LogP contribution in [0, 0.1) is 17.8 Å². The molecular weight excluding hydrogens is 579 g/mol. The quantitative estimate of drug-likeness (QED) is 0.118. The predicted octanol–water partition coefficient (Wildman–Crippen LogP) is -0.958. The molecule has 7 N–H and O–H groups in total. The summed E-state index contributed by atoms with van der Waals surface area (Å²) >= 11 is 0. The Morgan fingerprint density at radius 1 is 1.21 bits per heavy atom. The van der Waals surface area contributed by atoms with E-state index in [2.05, 4.69) is 30.3 Å². The largest absolute Gasteiger partial charge is 0.490 e. The van der Waals surface area contributed by atoms with Crippen LogP contribution in [0.1, 0.15) is 38.5 Å². The predicted molar refractivity (Wildman–Crippen MR) is 125 cm³/mol. The number of ether oxygens (including phenoxy) is 1. The van der Waals surface area contributed by atoms with E-state index in [9.17, 15) is 38.1 Å². The highest BCUT2D eigenvalue weighted by molar-refractivity contribution is 7.66. The van der Waals surface area contributed by atoms with Crippen molar-refractivity contribution in [3.63, 3.8) is 0 Å². The zero-order valence-corrected chi connectivity index (χ0v) is 22.5. The number of carbonyl (C=O) groups excluding carboxylic acids is 1. The van der Waals surface area contributed by atoms with Crippen molar-refractivity contribution in [2.24, 2.45) is 5.92 Å². The summed E-state index contributed by atoms with van der Waals surface area (Å²) in [5.41, 5.74) is -1.93. The Kier molecular flexibility index (Phi) is 11.0. The molecular formula is C17H26N3O15P3. The third-order valence-corrected chi connectivity index (χ3v) is 8.29. The molecule has 0 saturated carbocycles. The molecule has 0 spiro atoms. The smallest absolute Gasteiger partial charge is 0.390 e. The van der Waals surface area contributed by atoms with E-state index in [0.717, 1.165) is 10.8 Å². The summed E-state index contributed by atoms with van der Waals surface area (Å²) < 4.78 is 51.8. The first-order chi connectivity index (χ1) is 17.4. The van der Waals surface area contributed by atoms with Crippen LogP contribution in [0.15, 0.2) is 15.8 Å². The van der Waals surface area contributed by atoms with Crippen LogP contribution < -0.4 is 16.6 Å². The van der Waals surface area contributed by atoms with E-state index >= 15 is 0 Å². The highest BCUT2D eigenvalue weighted by atomic mass is 31.3. The molecule has 1 fully saturated rings. The van der Waals surface area contributed by atoms with E-state index in [-0.39, 0.29) is 36.8 Å². The third kappa shape index (κ3) is 10.7. The number of nitrogens with one attached hydrogen (secondary N) is 2. The van der Waals surface area contributed by atoms with E-state index < -0.39 is 59.8 Å². The van der Waals surface area contributed by atoms with Crippen molar-refractivity contribution < 1.29 is 61.1 Å². The topological polar surface area (TPSA) is 273 Å². The number of aromatic amines is 1. The second-order valence-electron chi connectivity index (χ2n) is 8.20. The standard InChI is InChI=1S/C17H26N3O15P3/c1-10(2)6-14(22)18-5-3-4-11-8-20(17(24)19-16(11)23)15-7-12(21)13(33-15)9-32-37(28,29)35-38(30,31)34-36(25,26)27/h8,10,12-13,15,21H,5-7,9H2,1-2H3,(H,18,22)(H,28,29)(H,30,31)(H,19,23,24)(H2,25,26,27)/t12-,13+,15+/m0/s1. The fraction of sp³-hybridized carbons (Fsp3) is 0.588. The Hall–Kier alpha value is -1.96. The second-order valence-corrected chi connectivity index (χ2v) is 12.6. The van der Waals surface area contributed by atoms with Gasteiger partial charge in [-0.25, -0.2) is 18.5 Å². The number of aromatic nitrogens is 2. The van der Waals surface area contributed by atoms with E-state index in [1.165, 1.54) is 0 Å². The number of rotatable bonds is 11. The van der Waals surface area contributed by atoms with Gasteiger partial charge in [0.1, 0.15) is 17.9 Å². The summed E-state index contributed by atoms with van der Waals surface area (Å²) in [5, 5.41) is 12.8. The van der Waals surface area contributed by atoms with Gasteiger partial charge in [0.05, 0.1) is 19.3 Å². The number of hydrogen-bond acceptors (Lipinski definition) is 11. The molecule has 18 nitrogen and oxygen atoms in total. The number of H-pyrrole nitrogens is 1. The zero-order chi connectivity index (χ0) is 28.9. The van der Waals surface area contributed by atoms with E-state index in [0.29, 0.717) is 0 Å². The molecule has 0 aromatic carbocycles. The van der Waals surface area contributed by atoms with Gasteiger partial charge in [-0.1, -0.05) is 25.7 Å². The summed E-state index contributed by atoms with van der Waals surface area (Å²) in [4.78, 5) is 73.8. The maximum absolute atomic E-state index is 12.3. The van der Waals surface area contributed by atoms with Crippen molar-refractivity contribution in [1.82, 2.24) is 14.9 Å². The highest BCUT2D eigenvalue weighted by Crippen LogP contribution is 2.66. The van der Waals surface area contributed by atoms with Gasteiger partial charge in [-0.3, -0.25) is 23.7 Å². The summed E-state index contributed by atoms with van der Waals surface area (Å²) in [7, 11) is -16.8. The highest BCUT2D eigenvalue weighted by Gasteiger charge is 2.43. The molecule has 21 heteroatoms. The van der Waals surface area contributed by atoms with Gasteiger partial charge in [-0.05, 0) is 5.92 Å². The first-order valence-corrected chi connectivity index (χ1v) is 15.1. The van der Waals surface area contributed by atoms with Crippen LogP contribution in [0.4, 0.5) is 0 Å². The van der Waals surface area contributed by atoms with E-state index in [1.54, 1.807) is 0 Å². The summed E-state index contributed by atoms with van der Waals surface area (Å²) in [6.07, 6.45) is -2.94. The zero-order valence-electron chi connectivity index (χ0n) is 19.8. The maximum Gasteiger partial charge on any atom is 0.490 e. The number of amides is 1. The minimum atomic E-state index is -5.73. The van der Waals surface area contributed by atoms with Crippen LogP contribution in [0.2, 0.25) is 0 Å². The number of hydrogen-bond donors (Lipinski definition) is 7. The molecule has 1 aromatic rings. The van der Waals surface area contributed by atoms with Crippen LogP contribution in [0.25, 0.3) is 0 Å². The Morgan fingerprint density at radius 2 is 1.87 bits per heavy atom. The lowest BCUT2D eigenvalue weighted by Gasteiger charge is -2.19. The Labute approximate surface area is 214 Å². The molecule has 5 atom stereocenters. The van der Waals surface area contributed by atoms with Crippen molar-refractivity contribution in [2.75, 3.05) is 13.2 Å². The molecule has 0 bridgehead atoms. The second kappa shape index (κ2) is 12.9. The Morgan fingerprint density at radius 3 is 2.47 bits per heavy atom. The maximum atomic E-state index is 12.3. The van der Waals surface area contributed by atoms with Crippen LogP contribution in [-0.4, -0.2) is 65.5 Å². The normalized spacial score (nSPS) is 22.8. The minimum Gasteiger partial charge on any atom is -0.390 e. The van der Waals surface area contributed by atoms with Gasteiger partial charge in [0.25, 0.3) is 5.56 Å². The van der Waals surface area contributed by atoms with Crippen LogP contribution >= 0.6 is 23.5 Å². The Balaban J connectivity index is 2.06. The number of carbonyl (C=O) groups is 1. The lowest BCUT2D eigenvalue weighted by Crippen LogP contribution is -2.34. The number of aliphatic hydroxyl groups is 1. The molecule has 2 unspecified atom stereocenters. The van der Waals surface area contributed by atoms with Crippen molar-refractivity contribution in [2.45, 2.75) is 45.1 Å². The van der Waals surface area contributed by atoms with Gasteiger partial charge in [-0.2, -0.15) is 8.62 Å². The number of aliphatic hydroxyl groups excluding tert-OH is 1. The monoisotopic (exact) mass is 605 g/mol. The molecule has 2 heterocycles. The summed E-state index contributed by atoms with van der Waals surface area (Å²) in [5.74, 6) is 4.98. The molecule has 1 aromatic heterocycles. The number of nitrogens with zero attached hydrogens (tertiary/aromatic N) is 1. The van der Waals surface area contributed by atoms with E-state index in [1.807, 2.05) is 18.8 Å². The van der Waals surface area contributed by atoms with Gasteiger partial charge < -0.3 is 34.7 Å². The van der Waals surface area contributed by atoms with Crippen LogP contribution in [-0.2, 0) is 36.4 Å². The van der Waals surface area contributed by atoms with Crippen LogP contribution in [0.5, 0.6) is 0 Å². The lowest BCUT2D eigenvalue weighted by atomic mass is 10.1. The first kappa shape index (κ1) is 32.3. The van der Waals surface area contributed by atoms with Crippen LogP contribution in [0.3, 0.4) is 0 Å². The van der Waals surface area contributed by atoms with E-state index in [4.69, 9.17) is 19.4 Å². The number of phosphoric ester groups is 1. The van der Waals surface area contributed by atoms with Gasteiger partial charge in [-0.15, -0.1) is 0 Å². The average molecular weight is 605 g/mol. The molecule has 1 aliphatic heterocycles. The summed E-state index contributed by atoms with van der Waals surface area (Å²) in [6, 6.07) is 0. The molecule has 38 heavy (non-hydrogen) atoms. The first-order valence-electron chi connectivity index (χ1n) is 10.6. The summed E-state index contributed by atoms with van der Waals surface area (Å²) in [6.45, 7) is 2.72. The molecule has 0 aliphatic carbocycles. The lowest BCUT2D eigenvalue weighted by molar-refractivity contribution is -0.121. The van der Waals surface area contributed by atoms with Crippen molar-refractivity contribution in [3.8, 4) is 11.8 Å². The molecule has 0 radical (unpaired) electrons. The fourth-order valence-corrected chi connectivity index (χ4v) is 6.05. The molecule has 2 rings (SSSR count). The van der Waals surface area contributed by atoms with Crippen molar-refractivity contribution in [3.05, 3.63) is 32.6 Å².